The summed E-state index contributed by atoms with van der Waals surface area (Å²) >= 11 is 0. The van der Waals surface area contributed by atoms with Crippen LogP contribution in [0.25, 0.3) is 0 Å². The number of carbonyl (C=O) groups excluding carboxylic acids is 1. The topological polar surface area (TPSA) is 187 Å². The molecule has 4 rings (SSSR count). The van der Waals surface area contributed by atoms with Gasteiger partial charge in [0.15, 0.2) is 40.3 Å². The van der Waals surface area contributed by atoms with E-state index in [-0.39, 0.29) is 28.1 Å². The molecule has 3 heterocycles. The van der Waals surface area contributed by atoms with Gasteiger partial charge in [-0.2, -0.15) is 4.98 Å². The number of phosphoric acid groups is 1. The lowest BCUT2D eigenvalue weighted by Gasteiger charge is -2.37. The Balaban J connectivity index is 1.81. The van der Waals surface area contributed by atoms with Crippen molar-refractivity contribution in [2.75, 3.05) is 43.6 Å². The number of rotatable bonds is 10. The Bertz CT molecular complexity index is 1760. The minimum atomic E-state index is -5.38. The summed E-state index contributed by atoms with van der Waals surface area (Å²) in [7, 11) is -1.22. The second-order valence-electron chi connectivity index (χ2n) is 7.68. The van der Waals surface area contributed by atoms with Crippen LogP contribution in [0.1, 0.15) is 24.7 Å². The molecule has 0 saturated heterocycles. The van der Waals surface area contributed by atoms with Crippen molar-refractivity contribution in [2.45, 2.75) is 19.3 Å². The molecule has 2 aromatic heterocycles. The van der Waals surface area contributed by atoms with E-state index in [1.54, 1.807) is 0 Å². The summed E-state index contributed by atoms with van der Waals surface area (Å²) in [5, 5.41) is 5.14. The Morgan fingerprint density at radius 2 is 1.85 bits per heavy atom. The Kier molecular flexibility index (Phi) is 5.48. The number of fused-ring (bicyclic) bond motifs is 1. The van der Waals surface area contributed by atoms with Crippen LogP contribution in [0.5, 0.6) is 23.0 Å². The van der Waals surface area contributed by atoms with Gasteiger partial charge in [-0.05, 0) is 25.8 Å². The summed E-state index contributed by atoms with van der Waals surface area (Å²) < 4.78 is 116. The number of pyridine rings is 1. The first-order valence-electron chi connectivity index (χ1n) is 14.8. The van der Waals surface area contributed by atoms with E-state index in [4.69, 9.17) is 29.9 Å². The van der Waals surface area contributed by atoms with Gasteiger partial charge in [0.2, 0.25) is 11.7 Å². The first-order valence-corrected chi connectivity index (χ1v) is 12.3. The van der Waals surface area contributed by atoms with E-state index in [9.17, 15) is 23.5 Å². The van der Waals surface area contributed by atoms with E-state index in [0.717, 1.165) is 6.20 Å². The van der Waals surface area contributed by atoms with E-state index in [2.05, 4.69) is 30.1 Å². The van der Waals surface area contributed by atoms with E-state index < -0.39 is 80.9 Å². The van der Waals surface area contributed by atoms with Gasteiger partial charge in [0.05, 0.1) is 30.3 Å². The quantitative estimate of drug-likeness (QED) is 0.253. The third kappa shape index (κ3) is 6.15. The van der Waals surface area contributed by atoms with Crippen molar-refractivity contribution in [2.24, 2.45) is 0 Å². The summed E-state index contributed by atoms with van der Waals surface area (Å²) in [4.78, 5) is 43.9. The molecule has 40 heavy (non-hydrogen) atoms. The van der Waals surface area contributed by atoms with Crippen molar-refractivity contribution in [3.63, 3.8) is 0 Å². The van der Waals surface area contributed by atoms with Gasteiger partial charge in [0.1, 0.15) is 12.5 Å². The number of hydrogen-bond acceptors (Lipinski definition) is 12. The monoisotopic (exact) mass is 588 g/mol. The van der Waals surface area contributed by atoms with Crippen molar-refractivity contribution in [3.8, 4) is 23.0 Å². The lowest BCUT2D eigenvalue weighted by molar-refractivity contribution is -0.133. The van der Waals surface area contributed by atoms with Gasteiger partial charge < -0.3 is 39.4 Å². The maximum absolute atomic E-state index is 14.9. The van der Waals surface area contributed by atoms with Crippen LogP contribution in [-0.2, 0) is 13.9 Å². The molecule has 1 aliphatic rings. The Morgan fingerprint density at radius 3 is 2.45 bits per heavy atom. The number of halogens is 1. The molecule has 3 aromatic rings. The minimum Gasteiger partial charge on any atom is -0.493 e. The Morgan fingerprint density at radius 1 is 1.15 bits per heavy atom. The van der Waals surface area contributed by atoms with Crippen LogP contribution < -0.4 is 34.5 Å². The number of amides is 1. The molecule has 0 unspecified atom stereocenters. The van der Waals surface area contributed by atoms with Gasteiger partial charge in [-0.15, -0.1) is 0 Å². The van der Waals surface area contributed by atoms with Gasteiger partial charge in [0, 0.05) is 26.0 Å². The molecule has 0 bridgehead atoms. The van der Waals surface area contributed by atoms with Gasteiger partial charge >= 0.3 is 7.82 Å². The van der Waals surface area contributed by atoms with Gasteiger partial charge in [-0.3, -0.25) is 14.2 Å². The molecule has 0 spiro atoms. The Labute approximate surface area is 238 Å². The first-order chi connectivity index (χ1) is 22.2. The number of nitrogens with zero attached hydrogens (tertiary/aromatic N) is 4. The SMILES string of the molecule is [2H]c1c(Nc2nc(Nc3cc(OC)c(OC)c(OC)c3)ncc2F)nc2c(c1[2H])OC(C([2H])([2H])[2H])(C([2H])([2H])[2H])C(=O)N2COP(=O)(O)O. The van der Waals surface area contributed by atoms with E-state index >= 15 is 0 Å². The lowest BCUT2D eigenvalue weighted by Crippen LogP contribution is -2.53. The predicted octanol–water partition coefficient (Wildman–Crippen LogP) is 3.09. The van der Waals surface area contributed by atoms with Crippen molar-refractivity contribution >= 4 is 42.8 Å². The number of phosphoric ester groups is 1. The smallest absolute Gasteiger partial charge is 0.471 e. The second-order valence-corrected chi connectivity index (χ2v) is 8.92. The molecular weight excluding hydrogens is 554 g/mol. The normalized spacial score (nSPS) is 17.8. The molecule has 1 aromatic carbocycles. The molecule has 0 aliphatic carbocycles. The number of methoxy groups -OCH3 is 3. The summed E-state index contributed by atoms with van der Waals surface area (Å²) in [6, 6.07) is 1.02. The highest BCUT2D eigenvalue weighted by atomic mass is 31.2. The van der Waals surface area contributed by atoms with E-state index in [0.29, 0.717) is 5.69 Å². The molecule has 17 heteroatoms. The van der Waals surface area contributed by atoms with Crippen LogP contribution in [-0.4, -0.2) is 64.3 Å². The maximum atomic E-state index is 14.9. The zero-order chi connectivity index (χ0) is 36.0. The van der Waals surface area contributed by atoms with Crippen LogP contribution in [0.15, 0.2) is 30.4 Å². The molecule has 1 amide bonds. The highest BCUT2D eigenvalue weighted by Crippen LogP contribution is 2.42. The Hall–Kier alpha value is -4.24. The maximum Gasteiger partial charge on any atom is 0.471 e. The summed E-state index contributed by atoms with van der Waals surface area (Å²) in [6.45, 7) is -8.99. The van der Waals surface area contributed by atoms with Gasteiger partial charge in [0.25, 0.3) is 5.91 Å². The third-order valence-electron chi connectivity index (χ3n) is 5.03. The number of ether oxygens (including phenoxy) is 4. The van der Waals surface area contributed by atoms with Crippen LogP contribution in [0, 0.1) is 5.82 Å². The fourth-order valence-electron chi connectivity index (χ4n) is 3.32. The number of aromatic nitrogens is 3. The average molecular weight is 589 g/mol. The third-order valence-corrected chi connectivity index (χ3v) is 5.48. The molecule has 15 nitrogen and oxygen atoms in total. The van der Waals surface area contributed by atoms with Crippen molar-refractivity contribution in [1.29, 1.82) is 0 Å². The average Bonchev–Trinajstić information content (AvgIpc) is 2.98. The van der Waals surface area contributed by atoms with Crippen LogP contribution in [0.3, 0.4) is 0 Å². The lowest BCUT2D eigenvalue weighted by atomic mass is 10.1. The molecule has 214 valence electrons. The first kappa shape index (κ1) is 19.8. The fourth-order valence-corrected chi connectivity index (χ4v) is 3.58. The zero-order valence-electron chi connectivity index (χ0n) is 28.8. The van der Waals surface area contributed by atoms with Crippen molar-refractivity contribution in [1.82, 2.24) is 15.0 Å². The predicted molar refractivity (Wildman–Crippen MR) is 139 cm³/mol. The minimum absolute atomic E-state index is 0.118. The zero-order valence-corrected chi connectivity index (χ0v) is 21.7. The van der Waals surface area contributed by atoms with Gasteiger partial charge in [-0.1, -0.05) is 0 Å². The fraction of sp³-hybridized carbons (Fsp3) is 0.304. The largest absolute Gasteiger partial charge is 0.493 e. The van der Waals surface area contributed by atoms with Crippen LogP contribution in [0.4, 0.5) is 33.5 Å². The molecule has 0 radical (unpaired) electrons. The van der Waals surface area contributed by atoms with Crippen LogP contribution in [0.2, 0.25) is 0 Å². The standard InChI is InChI=1S/C23H26FN6O9P/c1-23(2)21(31)30(11-38-40(32,33)34)20-14(39-23)6-7-17(28-20)27-19-13(24)10-25-22(29-19)26-12-8-15(35-3)18(37-5)16(9-12)36-4/h6-10H,11H2,1-5H3,(H2,32,33,34)(H2,25,26,27,28,29)/i1D3,2D3,6D,7D. The van der Waals surface area contributed by atoms with E-state index in [1.165, 1.54) is 33.5 Å². The second kappa shape index (κ2) is 11.1. The van der Waals surface area contributed by atoms with Gasteiger partial charge in [-0.25, -0.2) is 18.9 Å². The molecule has 0 atom stereocenters. The summed E-state index contributed by atoms with van der Waals surface area (Å²) in [6.07, 6.45) is 0.729. The molecule has 0 fully saturated rings. The number of nitrogens with one attached hydrogen (secondary N) is 2. The van der Waals surface area contributed by atoms with Crippen LogP contribution >= 0.6 is 7.82 Å². The number of benzene rings is 1. The summed E-state index contributed by atoms with van der Waals surface area (Å²) in [5.74, 6) is -5.68. The number of carbonyl (C=O) groups is 1. The molecule has 0 saturated carbocycles. The molecule has 4 N–H and O–H groups in total. The van der Waals surface area contributed by atoms with Crippen molar-refractivity contribution in [3.05, 3.63) is 36.2 Å². The number of hydrogen-bond donors (Lipinski definition) is 4. The van der Waals surface area contributed by atoms with Crippen molar-refractivity contribution < 1.29 is 58.0 Å². The molecule has 1 aliphatic heterocycles. The number of anilines is 5. The summed E-state index contributed by atoms with van der Waals surface area (Å²) in [5.41, 5.74) is -3.41. The molecular formula is C23H26FN6O9P. The van der Waals surface area contributed by atoms with E-state index in [1.807, 2.05) is 0 Å². The highest BCUT2D eigenvalue weighted by molar-refractivity contribution is 7.46. The highest BCUT2D eigenvalue weighted by Gasteiger charge is 2.42.